The van der Waals surface area contributed by atoms with Crippen LogP contribution in [-0.2, 0) is 16.0 Å². The van der Waals surface area contributed by atoms with Crippen LogP contribution in [0.15, 0.2) is 40.8 Å². The third-order valence-corrected chi connectivity index (χ3v) is 7.09. The number of furan rings is 1. The fraction of sp³-hybridized carbons (Fsp3) is 0.385. The van der Waals surface area contributed by atoms with Gasteiger partial charge in [0.2, 0.25) is 0 Å². The monoisotopic (exact) mass is 689 g/mol. The predicted molar refractivity (Wildman–Crippen MR) is 150 cm³/mol. The Balaban J connectivity index is 1.93. The zero-order valence-electron chi connectivity index (χ0n) is 19.7. The van der Waals surface area contributed by atoms with Gasteiger partial charge in [-0.2, -0.15) is 0 Å². The molecule has 6 nitrogen and oxygen atoms in total. The molecule has 34 heavy (non-hydrogen) atoms. The first-order chi connectivity index (χ1) is 16.2. The molecule has 0 amide bonds. The minimum absolute atomic E-state index is 0.105. The maximum atomic E-state index is 13.7. The van der Waals surface area contributed by atoms with E-state index in [4.69, 9.17) is 13.9 Å². The molecule has 0 aliphatic rings. The largest absolute Gasteiger partial charge is 0.490 e. The second-order valence-corrected chi connectivity index (χ2v) is 10.6. The highest BCUT2D eigenvalue weighted by atomic mass is 127. The summed E-state index contributed by atoms with van der Waals surface area (Å²) in [5, 5.41) is 3.91. The Morgan fingerprint density at radius 2 is 1.76 bits per heavy atom. The van der Waals surface area contributed by atoms with E-state index >= 15 is 0 Å². The minimum atomic E-state index is -0.414. The van der Waals surface area contributed by atoms with Crippen molar-refractivity contribution < 1.29 is 23.5 Å². The minimum Gasteiger partial charge on any atom is -0.490 e. The first kappa shape index (κ1) is 26.9. The average molecular weight is 689 g/mol. The van der Waals surface area contributed by atoms with E-state index in [-0.39, 0.29) is 24.2 Å². The molecule has 0 saturated carbocycles. The van der Waals surface area contributed by atoms with Crippen molar-refractivity contribution in [3.8, 4) is 5.75 Å². The highest BCUT2D eigenvalue weighted by Crippen LogP contribution is 2.33. The fourth-order valence-corrected chi connectivity index (χ4v) is 5.44. The first-order valence-electron chi connectivity index (χ1n) is 11.3. The van der Waals surface area contributed by atoms with Gasteiger partial charge in [-0.05, 0) is 82.8 Å². The van der Waals surface area contributed by atoms with Crippen LogP contribution in [0.3, 0.4) is 0 Å². The number of ether oxygens (including phenoxy) is 2. The average Bonchev–Trinajstić information content (AvgIpc) is 3.14. The molecule has 0 radical (unpaired) electrons. The summed E-state index contributed by atoms with van der Waals surface area (Å²) in [6.07, 6.45) is -0.327. The Morgan fingerprint density at radius 1 is 1.09 bits per heavy atom. The molecule has 1 heterocycles. The van der Waals surface area contributed by atoms with Gasteiger partial charge in [-0.15, -0.1) is 0 Å². The van der Waals surface area contributed by atoms with Crippen molar-refractivity contribution in [3.63, 3.8) is 0 Å². The number of carbonyl (C=O) groups is 2. The van der Waals surface area contributed by atoms with Crippen LogP contribution in [0.2, 0.25) is 0 Å². The normalized spacial score (nSPS) is 12.2. The third kappa shape index (κ3) is 6.51. The zero-order chi connectivity index (χ0) is 24.8. The molecule has 182 valence electrons. The van der Waals surface area contributed by atoms with Gasteiger partial charge >= 0.3 is 5.97 Å². The number of ketones is 1. The summed E-state index contributed by atoms with van der Waals surface area (Å²) in [4.78, 5) is 26.3. The fourth-order valence-electron chi connectivity index (χ4n) is 3.36. The number of benzene rings is 2. The lowest BCUT2D eigenvalue weighted by molar-refractivity contribution is -0.149. The summed E-state index contributed by atoms with van der Waals surface area (Å²) in [6.45, 7) is 10.1. The number of carbonyl (C=O) groups excluding carboxylic acids is 2. The summed E-state index contributed by atoms with van der Waals surface area (Å²) < 4.78 is 19.1. The SMILES string of the molecule is CCNCCOc1c(I)cc(C(=O)c2c(CC(=O)O[C@H](C)C(C)C)oc3ccccc23)cc1I. The van der Waals surface area contributed by atoms with Gasteiger partial charge in [-0.3, -0.25) is 9.59 Å². The molecule has 3 aromatic rings. The van der Waals surface area contributed by atoms with Crippen LogP contribution >= 0.6 is 45.2 Å². The van der Waals surface area contributed by atoms with Gasteiger partial charge < -0.3 is 19.2 Å². The van der Waals surface area contributed by atoms with Crippen LogP contribution in [0.5, 0.6) is 5.75 Å². The van der Waals surface area contributed by atoms with E-state index in [0.717, 1.165) is 26.0 Å². The van der Waals surface area contributed by atoms with Crippen molar-refractivity contribution in [2.45, 2.75) is 40.2 Å². The van der Waals surface area contributed by atoms with E-state index in [1.54, 1.807) is 6.07 Å². The van der Waals surface area contributed by atoms with Crippen LogP contribution in [0.25, 0.3) is 11.0 Å². The summed E-state index contributed by atoms with van der Waals surface area (Å²) >= 11 is 4.38. The van der Waals surface area contributed by atoms with E-state index in [0.29, 0.717) is 34.5 Å². The van der Waals surface area contributed by atoms with Crippen LogP contribution < -0.4 is 10.1 Å². The molecular formula is C26H29I2NO5. The molecule has 0 spiro atoms. The maximum absolute atomic E-state index is 13.7. The van der Waals surface area contributed by atoms with Gasteiger partial charge in [0.1, 0.15) is 36.2 Å². The number of esters is 1. The third-order valence-electron chi connectivity index (χ3n) is 5.49. The Morgan fingerprint density at radius 3 is 2.41 bits per heavy atom. The standard InChI is InChI=1S/C26H29I2NO5/c1-5-29-10-11-32-26-19(27)12-17(13-20(26)28)25(31)24-18-8-6-7-9-21(18)34-22(24)14-23(30)33-16(4)15(2)3/h6-9,12-13,15-16,29H,5,10-11,14H2,1-4H3/t16-/m1/s1. The number of hydrogen-bond donors (Lipinski definition) is 1. The highest BCUT2D eigenvalue weighted by Gasteiger charge is 2.26. The molecule has 8 heteroatoms. The highest BCUT2D eigenvalue weighted by molar-refractivity contribution is 14.1. The molecule has 1 N–H and O–H groups in total. The lowest BCUT2D eigenvalue weighted by atomic mass is 9.99. The summed E-state index contributed by atoms with van der Waals surface area (Å²) in [5.74, 6) is 0.674. The number of para-hydroxylation sites is 1. The summed E-state index contributed by atoms with van der Waals surface area (Å²) in [6, 6.07) is 11.0. The van der Waals surface area contributed by atoms with Crippen molar-refractivity contribution in [1.29, 1.82) is 0 Å². The molecule has 0 unspecified atom stereocenters. The molecule has 0 saturated heterocycles. The summed E-state index contributed by atoms with van der Waals surface area (Å²) in [7, 11) is 0. The lowest BCUT2D eigenvalue weighted by Gasteiger charge is -2.16. The molecule has 0 fully saturated rings. The topological polar surface area (TPSA) is 77.8 Å². The van der Waals surface area contributed by atoms with Crippen molar-refractivity contribution in [2.24, 2.45) is 5.92 Å². The quantitative estimate of drug-likeness (QED) is 0.115. The molecular weight excluding hydrogens is 660 g/mol. The van der Waals surface area contributed by atoms with Crippen LogP contribution in [-0.4, -0.2) is 37.6 Å². The van der Waals surface area contributed by atoms with Crippen molar-refractivity contribution >= 4 is 67.9 Å². The molecule has 1 aromatic heterocycles. The molecule has 0 aliphatic heterocycles. The van der Waals surface area contributed by atoms with Crippen molar-refractivity contribution in [2.75, 3.05) is 19.7 Å². The lowest BCUT2D eigenvalue weighted by Crippen LogP contribution is -2.22. The maximum Gasteiger partial charge on any atom is 0.313 e. The van der Waals surface area contributed by atoms with Gasteiger partial charge in [-0.25, -0.2) is 0 Å². The molecule has 0 bridgehead atoms. The smallest absolute Gasteiger partial charge is 0.313 e. The molecule has 0 aliphatic carbocycles. The van der Waals surface area contributed by atoms with E-state index < -0.39 is 5.97 Å². The Labute approximate surface area is 227 Å². The molecule has 1 atom stereocenters. The van der Waals surface area contributed by atoms with E-state index in [1.165, 1.54) is 0 Å². The van der Waals surface area contributed by atoms with E-state index in [1.807, 2.05) is 58.0 Å². The molecule has 2 aromatic carbocycles. The Kier molecular flexibility index (Phi) is 9.78. The number of halogens is 2. The first-order valence-corrected chi connectivity index (χ1v) is 13.5. The number of hydrogen-bond acceptors (Lipinski definition) is 6. The van der Waals surface area contributed by atoms with Crippen LogP contribution in [0.4, 0.5) is 0 Å². The second kappa shape index (κ2) is 12.3. The van der Waals surface area contributed by atoms with Crippen molar-refractivity contribution in [1.82, 2.24) is 5.32 Å². The van der Waals surface area contributed by atoms with Gasteiger partial charge in [0.05, 0.1) is 12.7 Å². The number of rotatable bonds is 11. The number of fused-ring (bicyclic) bond motifs is 1. The van der Waals surface area contributed by atoms with Crippen molar-refractivity contribution in [3.05, 3.63) is 60.4 Å². The van der Waals surface area contributed by atoms with E-state index in [2.05, 4.69) is 50.5 Å². The van der Waals surface area contributed by atoms with Crippen LogP contribution in [0, 0.1) is 13.1 Å². The number of likely N-dealkylation sites (N-methyl/N-ethyl adjacent to an activating group) is 1. The van der Waals surface area contributed by atoms with Gasteiger partial charge in [0.15, 0.2) is 5.78 Å². The molecule has 3 rings (SSSR count). The Hall–Kier alpha value is -1.66. The Bertz CT molecular complexity index is 1150. The van der Waals surface area contributed by atoms with Gasteiger partial charge in [-0.1, -0.05) is 39.0 Å². The van der Waals surface area contributed by atoms with Crippen LogP contribution in [0.1, 0.15) is 49.4 Å². The summed E-state index contributed by atoms with van der Waals surface area (Å²) in [5.41, 5.74) is 1.49. The predicted octanol–water partition coefficient (Wildman–Crippen LogP) is 5.99. The zero-order valence-corrected chi connectivity index (χ0v) is 24.1. The number of nitrogens with one attached hydrogen (secondary N) is 1. The van der Waals surface area contributed by atoms with E-state index in [9.17, 15) is 9.59 Å². The van der Waals surface area contributed by atoms with Gasteiger partial charge in [0.25, 0.3) is 0 Å². The van der Waals surface area contributed by atoms with Gasteiger partial charge in [0, 0.05) is 17.5 Å². The second-order valence-electron chi connectivity index (χ2n) is 8.31.